The third-order valence-electron chi connectivity index (χ3n) is 3.30. The van der Waals surface area contributed by atoms with Crippen LogP contribution in [0.5, 0.6) is 0 Å². The van der Waals surface area contributed by atoms with Crippen molar-refractivity contribution >= 4 is 27.5 Å². The molecule has 0 unspecified atom stereocenters. The smallest absolute Gasteiger partial charge is 0.252 e. The third-order valence-corrected chi connectivity index (χ3v) is 5.05. The van der Waals surface area contributed by atoms with E-state index in [1.165, 1.54) is 25.2 Å². The van der Waals surface area contributed by atoms with Gasteiger partial charge in [0.2, 0.25) is 10.0 Å². The van der Waals surface area contributed by atoms with Gasteiger partial charge in [-0.1, -0.05) is 41.9 Å². The van der Waals surface area contributed by atoms with Crippen molar-refractivity contribution in [3.63, 3.8) is 0 Å². The Balaban J connectivity index is 2.08. The summed E-state index contributed by atoms with van der Waals surface area (Å²) in [5.74, 6) is -0.404. The lowest BCUT2D eigenvalue weighted by Gasteiger charge is -2.09. The van der Waals surface area contributed by atoms with Gasteiger partial charge in [-0.3, -0.25) is 4.79 Å². The molecule has 2 aromatic carbocycles. The first-order chi connectivity index (χ1) is 10.9. The molecule has 0 spiro atoms. The van der Waals surface area contributed by atoms with Crippen LogP contribution in [0.4, 0.5) is 0 Å². The standard InChI is InChI=1S/C16H17ClN2O3S/c1-18-23(21,22)13-7-8-15(17)14(11-13)16(20)19-10-9-12-5-3-2-4-6-12/h2-8,11,18H,9-10H2,1H3,(H,19,20). The summed E-state index contributed by atoms with van der Waals surface area (Å²) in [6.07, 6.45) is 0.679. The summed E-state index contributed by atoms with van der Waals surface area (Å²) in [5, 5.41) is 2.95. The molecule has 23 heavy (non-hydrogen) atoms. The zero-order valence-electron chi connectivity index (χ0n) is 12.5. The summed E-state index contributed by atoms with van der Waals surface area (Å²) < 4.78 is 25.8. The largest absolute Gasteiger partial charge is 0.352 e. The van der Waals surface area contributed by atoms with E-state index in [0.29, 0.717) is 13.0 Å². The summed E-state index contributed by atoms with van der Waals surface area (Å²) in [6, 6.07) is 13.8. The van der Waals surface area contributed by atoms with Crippen LogP contribution in [0.2, 0.25) is 5.02 Å². The quantitative estimate of drug-likeness (QED) is 0.837. The van der Waals surface area contributed by atoms with E-state index in [2.05, 4.69) is 10.0 Å². The minimum atomic E-state index is -3.62. The molecule has 7 heteroatoms. The van der Waals surface area contributed by atoms with E-state index in [1.807, 2.05) is 30.3 Å². The molecular weight excluding hydrogens is 336 g/mol. The monoisotopic (exact) mass is 352 g/mol. The Morgan fingerprint density at radius 1 is 1.13 bits per heavy atom. The predicted octanol–water partition coefficient (Wildman–Crippen LogP) is 2.22. The highest BCUT2D eigenvalue weighted by Gasteiger charge is 2.17. The number of sulfonamides is 1. The molecule has 0 aromatic heterocycles. The fourth-order valence-corrected chi connectivity index (χ4v) is 2.98. The molecular formula is C16H17ClN2O3S. The van der Waals surface area contributed by atoms with E-state index in [4.69, 9.17) is 11.6 Å². The molecule has 122 valence electrons. The maximum Gasteiger partial charge on any atom is 0.252 e. The lowest BCUT2D eigenvalue weighted by atomic mass is 10.1. The van der Waals surface area contributed by atoms with Gasteiger partial charge in [0, 0.05) is 6.54 Å². The lowest BCUT2D eigenvalue weighted by molar-refractivity contribution is 0.0954. The summed E-state index contributed by atoms with van der Waals surface area (Å²) in [6.45, 7) is 0.433. The van der Waals surface area contributed by atoms with Crippen molar-refractivity contribution in [1.82, 2.24) is 10.0 Å². The van der Waals surface area contributed by atoms with Gasteiger partial charge in [0.1, 0.15) is 0 Å². The molecule has 2 rings (SSSR count). The summed E-state index contributed by atoms with van der Waals surface area (Å²) in [5.41, 5.74) is 1.24. The fraction of sp³-hybridized carbons (Fsp3) is 0.188. The van der Waals surface area contributed by atoms with Gasteiger partial charge in [-0.2, -0.15) is 0 Å². The molecule has 2 aromatic rings. The van der Waals surface area contributed by atoms with Crippen LogP contribution in [0.3, 0.4) is 0 Å². The van der Waals surface area contributed by atoms with Gasteiger partial charge in [0.05, 0.1) is 15.5 Å². The molecule has 0 aliphatic heterocycles. The van der Waals surface area contributed by atoms with E-state index in [9.17, 15) is 13.2 Å². The van der Waals surface area contributed by atoms with Crippen molar-refractivity contribution in [3.8, 4) is 0 Å². The number of hydrogen-bond acceptors (Lipinski definition) is 3. The summed E-state index contributed by atoms with van der Waals surface area (Å²) >= 11 is 6.00. The molecule has 0 aliphatic rings. The van der Waals surface area contributed by atoms with Crippen molar-refractivity contribution < 1.29 is 13.2 Å². The minimum absolute atomic E-state index is 0.00221. The molecule has 0 bridgehead atoms. The maximum absolute atomic E-state index is 12.2. The Kier molecular flexibility index (Phi) is 5.76. The van der Waals surface area contributed by atoms with Crippen LogP contribution in [0.15, 0.2) is 53.4 Å². The van der Waals surface area contributed by atoms with Crippen LogP contribution >= 0.6 is 11.6 Å². The second-order valence-electron chi connectivity index (χ2n) is 4.84. The zero-order chi connectivity index (χ0) is 16.9. The van der Waals surface area contributed by atoms with Crippen LogP contribution in [0, 0.1) is 0 Å². The second-order valence-corrected chi connectivity index (χ2v) is 7.13. The van der Waals surface area contributed by atoms with Crippen LogP contribution in [0.1, 0.15) is 15.9 Å². The molecule has 1 amide bonds. The number of nitrogens with one attached hydrogen (secondary N) is 2. The summed E-state index contributed by atoms with van der Waals surface area (Å²) in [7, 11) is -2.31. The SMILES string of the molecule is CNS(=O)(=O)c1ccc(Cl)c(C(=O)NCCc2ccccc2)c1. The Morgan fingerprint density at radius 2 is 1.83 bits per heavy atom. The predicted molar refractivity (Wildman–Crippen MR) is 90.2 cm³/mol. The summed E-state index contributed by atoms with van der Waals surface area (Å²) in [4.78, 5) is 12.2. The molecule has 0 atom stereocenters. The number of benzene rings is 2. The Morgan fingerprint density at radius 3 is 2.48 bits per heavy atom. The molecule has 0 fully saturated rings. The van der Waals surface area contributed by atoms with E-state index in [0.717, 1.165) is 5.56 Å². The highest BCUT2D eigenvalue weighted by Crippen LogP contribution is 2.20. The molecule has 0 saturated carbocycles. The molecule has 0 heterocycles. The van der Waals surface area contributed by atoms with E-state index in [-0.39, 0.29) is 15.5 Å². The van der Waals surface area contributed by atoms with Crippen LogP contribution < -0.4 is 10.0 Å². The van der Waals surface area contributed by atoms with Gasteiger partial charge in [0.25, 0.3) is 5.91 Å². The van der Waals surface area contributed by atoms with E-state index >= 15 is 0 Å². The van der Waals surface area contributed by atoms with Gasteiger partial charge < -0.3 is 5.32 Å². The first-order valence-corrected chi connectivity index (χ1v) is 8.85. The number of carbonyl (C=O) groups is 1. The highest BCUT2D eigenvalue weighted by atomic mass is 35.5. The van der Waals surface area contributed by atoms with Crippen molar-refractivity contribution in [2.24, 2.45) is 0 Å². The molecule has 0 radical (unpaired) electrons. The van der Waals surface area contributed by atoms with Gasteiger partial charge in [-0.05, 0) is 37.2 Å². The van der Waals surface area contributed by atoms with E-state index < -0.39 is 15.9 Å². The van der Waals surface area contributed by atoms with Crippen molar-refractivity contribution in [2.45, 2.75) is 11.3 Å². The van der Waals surface area contributed by atoms with E-state index in [1.54, 1.807) is 0 Å². The number of rotatable bonds is 6. The Labute approximate surface area is 140 Å². The van der Waals surface area contributed by atoms with Crippen molar-refractivity contribution in [1.29, 1.82) is 0 Å². The molecule has 5 nitrogen and oxygen atoms in total. The average Bonchev–Trinajstić information content (AvgIpc) is 2.56. The maximum atomic E-state index is 12.2. The number of carbonyl (C=O) groups excluding carboxylic acids is 1. The Bertz CT molecular complexity index is 792. The normalized spacial score (nSPS) is 11.2. The zero-order valence-corrected chi connectivity index (χ0v) is 14.1. The second kappa shape index (κ2) is 7.59. The van der Waals surface area contributed by atoms with Gasteiger partial charge in [-0.25, -0.2) is 13.1 Å². The first-order valence-electron chi connectivity index (χ1n) is 6.99. The lowest BCUT2D eigenvalue weighted by Crippen LogP contribution is -2.26. The van der Waals surface area contributed by atoms with Gasteiger partial charge in [0.15, 0.2) is 0 Å². The molecule has 0 aliphatic carbocycles. The highest BCUT2D eigenvalue weighted by molar-refractivity contribution is 7.89. The molecule has 2 N–H and O–H groups in total. The third kappa shape index (κ3) is 4.54. The van der Waals surface area contributed by atoms with Crippen molar-refractivity contribution in [3.05, 3.63) is 64.7 Å². The average molecular weight is 353 g/mol. The Hall–Kier alpha value is -1.89. The van der Waals surface area contributed by atoms with Crippen molar-refractivity contribution in [2.75, 3.05) is 13.6 Å². The topological polar surface area (TPSA) is 75.3 Å². The van der Waals surface area contributed by atoms with Gasteiger partial charge >= 0.3 is 0 Å². The van der Waals surface area contributed by atoms with Crippen LogP contribution in [0.25, 0.3) is 0 Å². The number of halogens is 1. The number of amides is 1. The number of hydrogen-bond donors (Lipinski definition) is 2. The van der Waals surface area contributed by atoms with Crippen LogP contribution in [-0.4, -0.2) is 27.9 Å². The molecule has 0 saturated heterocycles. The minimum Gasteiger partial charge on any atom is -0.352 e. The van der Waals surface area contributed by atoms with Gasteiger partial charge in [-0.15, -0.1) is 0 Å². The first kappa shape index (κ1) is 17.5. The van der Waals surface area contributed by atoms with Crippen LogP contribution in [-0.2, 0) is 16.4 Å². The fourth-order valence-electron chi connectivity index (χ4n) is 2.02.